The molecule has 9 heteroatoms. The number of methoxy groups -OCH3 is 2. The van der Waals surface area contributed by atoms with Gasteiger partial charge in [0.15, 0.2) is 21.3 Å². The van der Waals surface area contributed by atoms with Gasteiger partial charge in [-0.3, -0.25) is 0 Å². The Labute approximate surface area is 153 Å². The molecular weight excluding hydrogens is 378 g/mol. The topological polar surface area (TPSA) is 98.8 Å². The number of aryl methyl sites for hydroxylation is 1. The summed E-state index contributed by atoms with van der Waals surface area (Å²) in [5.41, 5.74) is 0.797. The van der Waals surface area contributed by atoms with Gasteiger partial charge in [0.2, 0.25) is 10.0 Å². The third kappa shape index (κ3) is 4.75. The van der Waals surface area contributed by atoms with Crippen molar-refractivity contribution in [1.82, 2.24) is 4.72 Å². The van der Waals surface area contributed by atoms with E-state index in [-0.39, 0.29) is 27.8 Å². The normalized spacial score (nSPS) is 12.0. The molecule has 0 bridgehead atoms. The standard InChI is InChI=1S/C17H21NO6S2/c1-13-5-4-6-15(11-13)26(21,22)18-9-10-25(19,20)14-7-8-16(23-2)17(12-14)24-3/h4-8,11-12,18H,9-10H2,1-3H3. The first-order valence-corrected chi connectivity index (χ1v) is 10.8. The predicted octanol–water partition coefficient (Wildman–Crippen LogP) is 1.76. The van der Waals surface area contributed by atoms with E-state index in [1.807, 2.05) is 0 Å². The average Bonchev–Trinajstić information content (AvgIpc) is 2.60. The molecule has 0 fully saturated rings. The van der Waals surface area contributed by atoms with Crippen molar-refractivity contribution >= 4 is 19.9 Å². The molecule has 0 saturated carbocycles. The van der Waals surface area contributed by atoms with Crippen LogP contribution in [0, 0.1) is 6.92 Å². The molecule has 7 nitrogen and oxygen atoms in total. The lowest BCUT2D eigenvalue weighted by Gasteiger charge is -2.11. The van der Waals surface area contributed by atoms with Crippen LogP contribution in [0.5, 0.6) is 11.5 Å². The van der Waals surface area contributed by atoms with Crippen LogP contribution >= 0.6 is 0 Å². The smallest absolute Gasteiger partial charge is 0.240 e. The second kappa shape index (κ2) is 8.07. The lowest BCUT2D eigenvalue weighted by Crippen LogP contribution is -2.29. The molecule has 142 valence electrons. The van der Waals surface area contributed by atoms with Gasteiger partial charge in [0.1, 0.15) is 0 Å². The van der Waals surface area contributed by atoms with E-state index < -0.39 is 19.9 Å². The summed E-state index contributed by atoms with van der Waals surface area (Å²) in [6.45, 7) is 1.54. The lowest BCUT2D eigenvalue weighted by atomic mass is 10.2. The van der Waals surface area contributed by atoms with Gasteiger partial charge in [-0.05, 0) is 36.8 Å². The van der Waals surface area contributed by atoms with Crippen LogP contribution in [0.4, 0.5) is 0 Å². The van der Waals surface area contributed by atoms with Crippen molar-refractivity contribution in [3.05, 3.63) is 48.0 Å². The zero-order chi connectivity index (χ0) is 19.4. The van der Waals surface area contributed by atoms with Crippen LogP contribution < -0.4 is 14.2 Å². The summed E-state index contributed by atoms with van der Waals surface area (Å²) < 4.78 is 61.9. The number of rotatable bonds is 8. The second-order valence-electron chi connectivity index (χ2n) is 5.55. The Bertz CT molecular complexity index is 984. The van der Waals surface area contributed by atoms with Crippen molar-refractivity contribution in [3.8, 4) is 11.5 Å². The molecule has 2 rings (SSSR count). The fraction of sp³-hybridized carbons (Fsp3) is 0.294. The van der Waals surface area contributed by atoms with Gasteiger partial charge in [0.05, 0.1) is 29.8 Å². The Morgan fingerprint density at radius 1 is 0.885 bits per heavy atom. The highest BCUT2D eigenvalue weighted by Gasteiger charge is 2.19. The van der Waals surface area contributed by atoms with Crippen molar-refractivity contribution in [2.45, 2.75) is 16.7 Å². The minimum atomic E-state index is -3.77. The highest BCUT2D eigenvalue weighted by molar-refractivity contribution is 7.91. The molecule has 2 aromatic carbocycles. The van der Waals surface area contributed by atoms with E-state index in [1.54, 1.807) is 19.1 Å². The SMILES string of the molecule is COc1ccc(S(=O)(=O)CCNS(=O)(=O)c2cccc(C)c2)cc1OC. The van der Waals surface area contributed by atoms with E-state index in [2.05, 4.69) is 4.72 Å². The number of benzene rings is 2. The fourth-order valence-electron chi connectivity index (χ4n) is 2.30. The first kappa shape index (κ1) is 20.2. The second-order valence-corrected chi connectivity index (χ2v) is 9.43. The summed E-state index contributed by atoms with van der Waals surface area (Å²) in [4.78, 5) is 0.130. The molecule has 0 atom stereocenters. The Hall–Kier alpha value is -2.10. The van der Waals surface area contributed by atoms with Crippen LogP contribution in [0.2, 0.25) is 0 Å². The molecule has 0 unspecified atom stereocenters. The summed E-state index contributed by atoms with van der Waals surface area (Å²) in [5, 5.41) is 0. The van der Waals surface area contributed by atoms with E-state index in [1.165, 1.54) is 44.6 Å². The number of nitrogens with one attached hydrogen (secondary N) is 1. The number of hydrogen-bond donors (Lipinski definition) is 1. The van der Waals surface area contributed by atoms with Crippen molar-refractivity contribution in [2.24, 2.45) is 0 Å². The number of hydrogen-bond acceptors (Lipinski definition) is 6. The molecule has 0 spiro atoms. The molecule has 26 heavy (non-hydrogen) atoms. The van der Waals surface area contributed by atoms with Crippen molar-refractivity contribution in [3.63, 3.8) is 0 Å². The Kier molecular flexibility index (Phi) is 6.27. The first-order valence-electron chi connectivity index (χ1n) is 7.71. The van der Waals surface area contributed by atoms with Crippen molar-refractivity contribution < 1.29 is 26.3 Å². The molecule has 0 aromatic heterocycles. The van der Waals surface area contributed by atoms with Gasteiger partial charge in [-0.15, -0.1) is 0 Å². The third-order valence-corrected chi connectivity index (χ3v) is 6.85. The molecular formula is C17H21NO6S2. The van der Waals surface area contributed by atoms with Crippen molar-refractivity contribution in [2.75, 3.05) is 26.5 Å². The summed E-state index contributed by atoms with van der Waals surface area (Å²) in [6.07, 6.45) is 0. The minimum absolute atomic E-state index is 0.0323. The highest BCUT2D eigenvalue weighted by atomic mass is 32.2. The summed E-state index contributed by atoms with van der Waals surface area (Å²) in [6, 6.07) is 10.6. The van der Waals surface area contributed by atoms with E-state index in [9.17, 15) is 16.8 Å². The third-order valence-electron chi connectivity index (χ3n) is 3.68. The van der Waals surface area contributed by atoms with E-state index in [0.717, 1.165) is 5.56 Å². The van der Waals surface area contributed by atoms with E-state index in [4.69, 9.17) is 9.47 Å². The molecule has 1 N–H and O–H groups in total. The first-order chi connectivity index (χ1) is 12.2. The largest absolute Gasteiger partial charge is 0.493 e. The molecule has 0 saturated heterocycles. The average molecular weight is 399 g/mol. The summed E-state index contributed by atoms with van der Waals surface area (Å²) >= 11 is 0. The molecule has 0 aliphatic rings. The molecule has 2 aromatic rings. The maximum Gasteiger partial charge on any atom is 0.240 e. The lowest BCUT2D eigenvalue weighted by molar-refractivity contribution is 0.354. The van der Waals surface area contributed by atoms with Gasteiger partial charge in [-0.1, -0.05) is 12.1 Å². The van der Waals surface area contributed by atoms with Gasteiger partial charge in [-0.25, -0.2) is 21.6 Å². The van der Waals surface area contributed by atoms with E-state index in [0.29, 0.717) is 5.75 Å². The Morgan fingerprint density at radius 3 is 2.19 bits per heavy atom. The minimum Gasteiger partial charge on any atom is -0.493 e. The highest BCUT2D eigenvalue weighted by Crippen LogP contribution is 2.29. The van der Waals surface area contributed by atoms with Crippen LogP contribution in [0.1, 0.15) is 5.56 Å². The van der Waals surface area contributed by atoms with Crippen molar-refractivity contribution in [1.29, 1.82) is 0 Å². The molecule has 0 amide bonds. The molecule has 0 aliphatic carbocycles. The van der Waals surface area contributed by atoms with Crippen LogP contribution in [0.3, 0.4) is 0 Å². The van der Waals surface area contributed by atoms with Gasteiger partial charge in [0, 0.05) is 12.6 Å². The summed E-state index contributed by atoms with van der Waals surface area (Å²) in [7, 11) is -4.61. The quantitative estimate of drug-likeness (QED) is 0.726. The zero-order valence-electron chi connectivity index (χ0n) is 14.7. The number of sulfonamides is 1. The maximum absolute atomic E-state index is 12.4. The monoisotopic (exact) mass is 399 g/mol. The van der Waals surface area contributed by atoms with Gasteiger partial charge >= 0.3 is 0 Å². The predicted molar refractivity (Wildman–Crippen MR) is 98.0 cm³/mol. The Balaban J connectivity index is 2.11. The van der Waals surface area contributed by atoms with Gasteiger partial charge in [-0.2, -0.15) is 0 Å². The van der Waals surface area contributed by atoms with Gasteiger partial charge in [0.25, 0.3) is 0 Å². The molecule has 0 heterocycles. The number of ether oxygens (including phenoxy) is 2. The molecule has 0 aliphatic heterocycles. The van der Waals surface area contributed by atoms with Crippen LogP contribution in [0.25, 0.3) is 0 Å². The van der Waals surface area contributed by atoms with Crippen LogP contribution in [-0.2, 0) is 19.9 Å². The van der Waals surface area contributed by atoms with Crippen LogP contribution in [-0.4, -0.2) is 43.4 Å². The van der Waals surface area contributed by atoms with Gasteiger partial charge < -0.3 is 9.47 Å². The fourth-order valence-corrected chi connectivity index (χ4v) is 4.74. The van der Waals surface area contributed by atoms with E-state index >= 15 is 0 Å². The maximum atomic E-state index is 12.4. The molecule has 0 radical (unpaired) electrons. The van der Waals surface area contributed by atoms with Crippen LogP contribution in [0.15, 0.2) is 52.3 Å². The number of sulfone groups is 1. The Morgan fingerprint density at radius 2 is 1.58 bits per heavy atom. The zero-order valence-corrected chi connectivity index (χ0v) is 16.4. The summed E-state index contributed by atoms with van der Waals surface area (Å²) in [5.74, 6) is 0.314.